The minimum atomic E-state index is -0.943. The molecule has 0 aromatic carbocycles. The zero-order chi connectivity index (χ0) is 23.3. The lowest BCUT2D eigenvalue weighted by molar-refractivity contribution is -0.156. The first kappa shape index (κ1) is 22.9. The number of pyridine rings is 2. The Labute approximate surface area is 192 Å². The van der Waals surface area contributed by atoms with Gasteiger partial charge in [0.25, 0.3) is 0 Å². The van der Waals surface area contributed by atoms with Crippen molar-refractivity contribution in [1.29, 1.82) is 0 Å². The molecule has 176 valence electrons. The van der Waals surface area contributed by atoms with Gasteiger partial charge in [-0.2, -0.15) is 5.10 Å². The number of carbonyl (C=O) groups is 1. The minimum absolute atomic E-state index is 0.276. The molecule has 0 unspecified atom stereocenters. The van der Waals surface area contributed by atoms with Crippen LogP contribution in [0.15, 0.2) is 30.6 Å². The lowest BCUT2D eigenvalue weighted by Crippen LogP contribution is -2.37. The van der Waals surface area contributed by atoms with Crippen molar-refractivity contribution >= 4 is 28.4 Å². The molecule has 1 aliphatic rings. The van der Waals surface area contributed by atoms with Gasteiger partial charge in [-0.05, 0) is 38.8 Å². The van der Waals surface area contributed by atoms with E-state index in [0.717, 1.165) is 53.3 Å². The number of nitrogens with one attached hydrogen (secondary N) is 2. The molecule has 33 heavy (non-hydrogen) atoms. The Morgan fingerprint density at radius 1 is 1.27 bits per heavy atom. The Balaban J connectivity index is 1.52. The maximum atomic E-state index is 11.9. The average Bonchev–Trinajstić information content (AvgIpc) is 3.32. The third-order valence-corrected chi connectivity index (χ3v) is 5.31. The molecule has 1 fully saturated rings. The molecule has 0 radical (unpaired) electrons. The monoisotopic (exact) mass is 453 g/mol. The van der Waals surface area contributed by atoms with Crippen LogP contribution >= 0.6 is 0 Å². The Bertz CT molecular complexity index is 1070. The van der Waals surface area contributed by atoms with Crippen LogP contribution in [0.4, 0.5) is 11.5 Å². The summed E-state index contributed by atoms with van der Waals surface area (Å²) in [4.78, 5) is 23.6. The van der Waals surface area contributed by atoms with Gasteiger partial charge in [-0.15, -0.1) is 0 Å². The van der Waals surface area contributed by atoms with E-state index in [1.54, 1.807) is 26.2 Å². The number of H-pyrrole nitrogens is 1. The molecule has 0 aliphatic carbocycles. The quantitative estimate of drug-likeness (QED) is 0.254. The maximum absolute atomic E-state index is 11.9. The summed E-state index contributed by atoms with van der Waals surface area (Å²) in [6.07, 6.45) is 5.35. The van der Waals surface area contributed by atoms with Crippen molar-refractivity contribution in [3.8, 4) is 11.4 Å². The van der Waals surface area contributed by atoms with E-state index in [-0.39, 0.29) is 5.97 Å². The highest BCUT2D eigenvalue weighted by atomic mass is 16.6. The second-order valence-corrected chi connectivity index (χ2v) is 8.61. The molecule has 0 atom stereocenters. The van der Waals surface area contributed by atoms with E-state index in [9.17, 15) is 4.79 Å². The standard InChI is InChI=1S/C23H31N7O3/c1-23(2,24)33-20(31)5-3-4-8-25-18-15-19(30-11-13-32-14-12-30)28-21-16(18)6-9-26-22(21)17-7-10-27-29-17/h6-7,9-10,15H,3-5,8,11-14,24H2,1-2H3,(H,25,28)(H,27,29). The van der Waals surface area contributed by atoms with Crippen molar-refractivity contribution in [1.82, 2.24) is 20.2 Å². The fraction of sp³-hybridized carbons (Fsp3) is 0.478. The molecule has 3 aromatic rings. The largest absolute Gasteiger partial charge is 0.445 e. The van der Waals surface area contributed by atoms with Crippen LogP contribution in [0.2, 0.25) is 0 Å². The minimum Gasteiger partial charge on any atom is -0.445 e. The summed E-state index contributed by atoms with van der Waals surface area (Å²) in [5, 5.41) is 11.6. The highest BCUT2D eigenvalue weighted by Gasteiger charge is 2.18. The number of nitrogens with zero attached hydrogens (tertiary/aromatic N) is 4. The van der Waals surface area contributed by atoms with E-state index >= 15 is 0 Å². The van der Waals surface area contributed by atoms with E-state index in [4.69, 9.17) is 20.2 Å². The predicted molar refractivity (Wildman–Crippen MR) is 127 cm³/mol. The van der Waals surface area contributed by atoms with E-state index < -0.39 is 5.72 Å². The fourth-order valence-corrected chi connectivity index (χ4v) is 3.79. The summed E-state index contributed by atoms with van der Waals surface area (Å²) in [6.45, 7) is 6.98. The van der Waals surface area contributed by atoms with E-state index in [2.05, 4.69) is 31.5 Å². The van der Waals surface area contributed by atoms with Crippen molar-refractivity contribution in [2.45, 2.75) is 38.8 Å². The van der Waals surface area contributed by atoms with E-state index in [0.29, 0.717) is 32.6 Å². The highest BCUT2D eigenvalue weighted by molar-refractivity contribution is 5.99. The summed E-state index contributed by atoms with van der Waals surface area (Å²) >= 11 is 0. The van der Waals surface area contributed by atoms with Gasteiger partial charge in [0.15, 0.2) is 5.72 Å². The molecule has 0 bridgehead atoms. The molecule has 0 spiro atoms. The number of aromatic nitrogens is 4. The fourth-order valence-electron chi connectivity index (χ4n) is 3.79. The number of nitrogens with two attached hydrogens (primary N) is 1. The molecule has 1 saturated heterocycles. The summed E-state index contributed by atoms with van der Waals surface area (Å²) in [6, 6.07) is 5.93. The highest BCUT2D eigenvalue weighted by Crippen LogP contribution is 2.32. The van der Waals surface area contributed by atoms with Gasteiger partial charge in [-0.25, -0.2) is 4.98 Å². The van der Waals surface area contributed by atoms with Crippen LogP contribution in [0.25, 0.3) is 22.3 Å². The number of fused-ring (bicyclic) bond motifs is 1. The number of carbonyl (C=O) groups excluding carboxylic acids is 1. The van der Waals surface area contributed by atoms with Crippen LogP contribution in [0.3, 0.4) is 0 Å². The van der Waals surface area contributed by atoms with Gasteiger partial charge in [-0.1, -0.05) is 0 Å². The molecule has 1 aliphatic heterocycles. The van der Waals surface area contributed by atoms with Gasteiger partial charge >= 0.3 is 5.97 Å². The second-order valence-electron chi connectivity index (χ2n) is 8.61. The smallest absolute Gasteiger partial charge is 0.307 e. The van der Waals surface area contributed by atoms with E-state index in [1.165, 1.54) is 0 Å². The first-order valence-electron chi connectivity index (χ1n) is 11.3. The van der Waals surface area contributed by atoms with Gasteiger partial charge in [0.1, 0.15) is 17.0 Å². The Morgan fingerprint density at radius 3 is 2.82 bits per heavy atom. The second kappa shape index (κ2) is 10.1. The van der Waals surface area contributed by atoms with Gasteiger partial charge in [0, 0.05) is 55.6 Å². The summed E-state index contributed by atoms with van der Waals surface area (Å²) < 4.78 is 10.7. The van der Waals surface area contributed by atoms with Gasteiger partial charge in [-0.3, -0.25) is 20.6 Å². The number of hydrogen-bond acceptors (Lipinski definition) is 9. The predicted octanol–water partition coefficient (Wildman–Crippen LogP) is 2.68. The van der Waals surface area contributed by atoms with Crippen molar-refractivity contribution < 1.29 is 14.3 Å². The van der Waals surface area contributed by atoms with Crippen molar-refractivity contribution in [3.63, 3.8) is 0 Å². The molecular formula is C23H31N7O3. The zero-order valence-electron chi connectivity index (χ0n) is 19.1. The van der Waals surface area contributed by atoms with E-state index in [1.807, 2.05) is 12.1 Å². The molecule has 4 heterocycles. The molecule has 0 amide bonds. The Hall–Kier alpha value is -3.24. The van der Waals surface area contributed by atoms with Crippen molar-refractivity contribution in [3.05, 3.63) is 30.6 Å². The van der Waals surface area contributed by atoms with Crippen LogP contribution in [0.5, 0.6) is 0 Å². The number of aromatic amines is 1. The zero-order valence-corrected chi connectivity index (χ0v) is 19.1. The number of morpholine rings is 1. The molecule has 10 nitrogen and oxygen atoms in total. The number of unbranched alkanes of at least 4 members (excludes halogenated alkanes) is 1. The summed E-state index contributed by atoms with van der Waals surface area (Å²) in [5.74, 6) is 0.609. The number of ether oxygens (including phenoxy) is 2. The molecule has 4 N–H and O–H groups in total. The average molecular weight is 454 g/mol. The summed E-state index contributed by atoms with van der Waals surface area (Å²) in [7, 11) is 0. The molecular weight excluding hydrogens is 422 g/mol. The SMILES string of the molecule is CC(C)(N)OC(=O)CCCCNc1cc(N2CCOCC2)nc2c(-c3ccn[nH]3)nccc12. The number of esters is 1. The lowest BCUT2D eigenvalue weighted by atomic mass is 10.1. The van der Waals surface area contributed by atoms with Gasteiger partial charge in [0.05, 0.1) is 18.9 Å². The van der Waals surface area contributed by atoms with Gasteiger partial charge < -0.3 is 19.7 Å². The summed E-state index contributed by atoms with van der Waals surface area (Å²) in [5.41, 5.74) is 8.16. The van der Waals surface area contributed by atoms with Crippen LogP contribution in [0.1, 0.15) is 33.1 Å². The Morgan fingerprint density at radius 2 is 2.09 bits per heavy atom. The normalized spacial score (nSPS) is 14.5. The third-order valence-electron chi connectivity index (χ3n) is 5.31. The van der Waals surface area contributed by atoms with Crippen LogP contribution < -0.4 is 16.0 Å². The van der Waals surface area contributed by atoms with Gasteiger partial charge in [0.2, 0.25) is 0 Å². The topological polar surface area (TPSA) is 131 Å². The first-order chi connectivity index (χ1) is 15.9. The number of anilines is 2. The van der Waals surface area contributed by atoms with Crippen LogP contribution in [0, 0.1) is 0 Å². The van der Waals surface area contributed by atoms with Crippen molar-refractivity contribution in [2.24, 2.45) is 5.73 Å². The lowest BCUT2D eigenvalue weighted by Gasteiger charge is -2.28. The van der Waals surface area contributed by atoms with Crippen LogP contribution in [-0.2, 0) is 14.3 Å². The Kier molecular flexibility index (Phi) is 7.05. The first-order valence-corrected chi connectivity index (χ1v) is 11.3. The van der Waals surface area contributed by atoms with Crippen LogP contribution in [-0.4, -0.2) is 64.7 Å². The molecule has 10 heteroatoms. The van der Waals surface area contributed by atoms with Crippen molar-refractivity contribution in [2.75, 3.05) is 43.1 Å². The number of hydrogen-bond donors (Lipinski definition) is 3. The molecule has 4 rings (SSSR count). The third kappa shape index (κ3) is 5.96. The number of rotatable bonds is 9. The molecule has 0 saturated carbocycles. The molecule has 3 aromatic heterocycles. The maximum Gasteiger partial charge on any atom is 0.307 e.